The molecule has 148 valence electrons. The van der Waals surface area contributed by atoms with Crippen LogP contribution in [0.2, 0.25) is 0 Å². The van der Waals surface area contributed by atoms with E-state index in [1.54, 1.807) is 28.3 Å². The van der Waals surface area contributed by atoms with Gasteiger partial charge in [-0.1, -0.05) is 30.3 Å². The maximum Gasteiger partial charge on any atom is 0.257 e. The van der Waals surface area contributed by atoms with Crippen LogP contribution >= 0.6 is 11.3 Å². The van der Waals surface area contributed by atoms with Crippen LogP contribution in [0.3, 0.4) is 0 Å². The third kappa shape index (κ3) is 4.49. The number of nitrogens with one attached hydrogen (secondary N) is 1. The maximum absolute atomic E-state index is 12.8. The lowest BCUT2D eigenvalue weighted by molar-refractivity contribution is 0.102. The molecule has 1 N–H and O–H groups in total. The third-order valence-electron chi connectivity index (χ3n) is 4.62. The monoisotopic (exact) mass is 405 g/mol. The van der Waals surface area contributed by atoms with Crippen molar-refractivity contribution < 1.29 is 9.53 Å². The minimum absolute atomic E-state index is 0.0166. The Bertz CT molecular complexity index is 1150. The van der Waals surface area contributed by atoms with Gasteiger partial charge in [0, 0.05) is 36.2 Å². The zero-order valence-corrected chi connectivity index (χ0v) is 17.5. The van der Waals surface area contributed by atoms with Crippen molar-refractivity contribution in [3.63, 3.8) is 0 Å². The topological polar surface area (TPSA) is 56.2 Å². The van der Waals surface area contributed by atoms with Crippen LogP contribution in [0.1, 0.15) is 27.7 Å². The van der Waals surface area contributed by atoms with Gasteiger partial charge in [0.25, 0.3) is 5.91 Å². The van der Waals surface area contributed by atoms with E-state index >= 15 is 0 Å². The van der Waals surface area contributed by atoms with E-state index in [-0.39, 0.29) is 12.0 Å². The second-order valence-electron chi connectivity index (χ2n) is 7.20. The van der Waals surface area contributed by atoms with Gasteiger partial charge in [-0.25, -0.2) is 0 Å². The number of amides is 1. The molecule has 0 aliphatic heterocycles. The van der Waals surface area contributed by atoms with Crippen LogP contribution in [0.4, 0.5) is 5.82 Å². The fourth-order valence-electron chi connectivity index (χ4n) is 3.34. The Labute approximate surface area is 173 Å². The summed E-state index contributed by atoms with van der Waals surface area (Å²) in [6.45, 7) is 4.12. The minimum Gasteiger partial charge on any atom is -0.489 e. The molecule has 0 saturated carbocycles. The van der Waals surface area contributed by atoms with Crippen LogP contribution in [0.5, 0.6) is 5.75 Å². The quantitative estimate of drug-likeness (QED) is 0.479. The molecule has 1 amide bonds. The predicted molar refractivity (Wildman–Crippen MR) is 118 cm³/mol. The highest BCUT2D eigenvalue weighted by atomic mass is 32.1. The highest BCUT2D eigenvalue weighted by Gasteiger charge is 2.16. The molecule has 0 fully saturated rings. The molecule has 1 unspecified atom stereocenters. The molecule has 0 aliphatic carbocycles. The SMILES string of the molecule is Cc1cc2cc(C(=O)Nc3ccn(C)n3)cc(OC(C)Cc3ccccc3)c2s1. The fourth-order valence-corrected chi connectivity index (χ4v) is 4.29. The van der Waals surface area contributed by atoms with Gasteiger partial charge in [0.05, 0.1) is 10.8 Å². The summed E-state index contributed by atoms with van der Waals surface area (Å²) in [6, 6.07) is 17.9. The number of nitrogens with zero attached hydrogens (tertiary/aromatic N) is 2. The van der Waals surface area contributed by atoms with E-state index in [4.69, 9.17) is 4.74 Å². The lowest BCUT2D eigenvalue weighted by Crippen LogP contribution is -2.16. The molecule has 4 aromatic rings. The number of carbonyl (C=O) groups excluding carboxylic acids is 1. The highest BCUT2D eigenvalue weighted by Crippen LogP contribution is 2.35. The minimum atomic E-state index is -0.199. The molecule has 0 spiro atoms. The van der Waals surface area contributed by atoms with E-state index in [2.05, 4.69) is 42.5 Å². The molecular formula is C23H23N3O2S. The Morgan fingerprint density at radius 3 is 2.72 bits per heavy atom. The molecule has 6 heteroatoms. The summed E-state index contributed by atoms with van der Waals surface area (Å²) in [5, 5.41) is 8.08. The van der Waals surface area contributed by atoms with E-state index in [9.17, 15) is 4.79 Å². The molecule has 0 bridgehead atoms. The van der Waals surface area contributed by atoms with Gasteiger partial charge in [0.15, 0.2) is 5.82 Å². The van der Waals surface area contributed by atoms with E-state index in [0.717, 1.165) is 22.3 Å². The van der Waals surface area contributed by atoms with Crippen LogP contribution in [0, 0.1) is 6.92 Å². The van der Waals surface area contributed by atoms with E-state index < -0.39 is 0 Å². The first-order valence-corrected chi connectivity index (χ1v) is 10.4. The first-order valence-electron chi connectivity index (χ1n) is 9.54. The lowest BCUT2D eigenvalue weighted by atomic mass is 10.1. The molecular weight excluding hydrogens is 382 g/mol. The summed E-state index contributed by atoms with van der Waals surface area (Å²) in [6.07, 6.45) is 2.58. The molecule has 29 heavy (non-hydrogen) atoms. The normalized spacial score (nSPS) is 12.1. The highest BCUT2D eigenvalue weighted by molar-refractivity contribution is 7.19. The number of rotatable bonds is 6. The van der Waals surface area contributed by atoms with Crippen molar-refractivity contribution in [1.29, 1.82) is 0 Å². The van der Waals surface area contributed by atoms with Gasteiger partial charge >= 0.3 is 0 Å². The summed E-state index contributed by atoms with van der Waals surface area (Å²) in [5.41, 5.74) is 1.78. The molecule has 0 radical (unpaired) electrons. The molecule has 5 nitrogen and oxygen atoms in total. The lowest BCUT2D eigenvalue weighted by Gasteiger charge is -2.16. The Balaban J connectivity index is 1.60. The van der Waals surface area contributed by atoms with Crippen molar-refractivity contribution in [2.45, 2.75) is 26.4 Å². The average molecular weight is 406 g/mol. The van der Waals surface area contributed by atoms with Crippen molar-refractivity contribution in [3.8, 4) is 5.75 Å². The van der Waals surface area contributed by atoms with Crippen molar-refractivity contribution in [1.82, 2.24) is 9.78 Å². The summed E-state index contributed by atoms with van der Waals surface area (Å²) in [5.74, 6) is 1.07. The van der Waals surface area contributed by atoms with Crippen molar-refractivity contribution >= 4 is 33.1 Å². The summed E-state index contributed by atoms with van der Waals surface area (Å²) < 4.78 is 9.02. The van der Waals surface area contributed by atoms with Crippen molar-refractivity contribution in [2.24, 2.45) is 7.05 Å². The number of anilines is 1. The molecule has 0 saturated heterocycles. The van der Waals surface area contributed by atoms with Crippen LogP contribution < -0.4 is 10.1 Å². The molecule has 2 heterocycles. The smallest absolute Gasteiger partial charge is 0.257 e. The number of hydrogen-bond acceptors (Lipinski definition) is 4. The number of fused-ring (bicyclic) bond motifs is 1. The zero-order chi connectivity index (χ0) is 20.4. The Kier molecular flexibility index (Phi) is 5.36. The second kappa shape index (κ2) is 8.09. The Morgan fingerprint density at radius 2 is 2.00 bits per heavy atom. The molecule has 2 aromatic heterocycles. The first-order chi connectivity index (χ1) is 14.0. The standard InChI is InChI=1S/C23H23N3O2S/c1-15(11-17-7-5-4-6-8-17)28-20-14-19(13-18-12-16(2)29-22(18)20)23(27)24-21-9-10-26(3)25-21/h4-10,12-15H,11H2,1-3H3,(H,24,25,27). The van der Waals surface area contributed by atoms with Gasteiger partial charge in [0.1, 0.15) is 5.75 Å². The van der Waals surface area contributed by atoms with Crippen LogP contribution in [-0.2, 0) is 13.5 Å². The number of aromatic nitrogens is 2. The Morgan fingerprint density at radius 1 is 1.21 bits per heavy atom. The molecule has 4 rings (SSSR count). The zero-order valence-electron chi connectivity index (χ0n) is 16.7. The summed E-state index contributed by atoms with van der Waals surface area (Å²) >= 11 is 1.68. The van der Waals surface area contributed by atoms with Gasteiger partial charge in [-0.3, -0.25) is 9.48 Å². The van der Waals surface area contributed by atoms with Gasteiger partial charge in [-0.2, -0.15) is 5.10 Å². The van der Waals surface area contributed by atoms with Crippen molar-refractivity contribution in [3.05, 3.63) is 76.8 Å². The van der Waals surface area contributed by atoms with Gasteiger partial charge < -0.3 is 10.1 Å². The Hall–Kier alpha value is -3.12. The van der Waals surface area contributed by atoms with Gasteiger partial charge in [-0.05, 0) is 43.0 Å². The van der Waals surface area contributed by atoms with E-state index in [1.165, 1.54) is 10.4 Å². The van der Waals surface area contributed by atoms with Gasteiger partial charge in [-0.15, -0.1) is 11.3 Å². The summed E-state index contributed by atoms with van der Waals surface area (Å²) in [4.78, 5) is 14.0. The van der Waals surface area contributed by atoms with Crippen molar-refractivity contribution in [2.75, 3.05) is 5.32 Å². The third-order valence-corrected chi connectivity index (χ3v) is 5.70. The number of benzene rings is 2. The van der Waals surface area contributed by atoms with Crippen LogP contribution in [0.25, 0.3) is 10.1 Å². The first kappa shape index (κ1) is 19.2. The van der Waals surface area contributed by atoms with Gasteiger partial charge in [0.2, 0.25) is 0 Å². The number of thiophene rings is 1. The van der Waals surface area contributed by atoms with Crippen LogP contribution in [0.15, 0.2) is 60.8 Å². The number of carbonyl (C=O) groups is 1. The second-order valence-corrected chi connectivity index (χ2v) is 8.45. The molecule has 2 aromatic carbocycles. The maximum atomic E-state index is 12.8. The average Bonchev–Trinajstić information content (AvgIpc) is 3.26. The number of aryl methyl sites for hydroxylation is 2. The number of hydrogen-bond donors (Lipinski definition) is 1. The molecule has 0 aliphatic rings. The van der Waals surface area contributed by atoms with E-state index in [0.29, 0.717) is 11.4 Å². The summed E-state index contributed by atoms with van der Waals surface area (Å²) in [7, 11) is 1.82. The largest absolute Gasteiger partial charge is 0.489 e. The van der Waals surface area contributed by atoms with Crippen LogP contribution in [-0.4, -0.2) is 21.8 Å². The van der Waals surface area contributed by atoms with E-state index in [1.807, 2.05) is 37.4 Å². The predicted octanol–water partition coefficient (Wildman–Crippen LogP) is 5.21. The molecule has 1 atom stereocenters. The fraction of sp³-hybridized carbons (Fsp3) is 0.217. The number of ether oxygens (including phenoxy) is 1.